The summed E-state index contributed by atoms with van der Waals surface area (Å²) >= 11 is 3.24. The minimum absolute atomic E-state index is 0.0696. The SMILES string of the molecule is CCCNCCOCc1cccc([N+](=O)[O-])c1Br. The fraction of sp³-hybridized carbons (Fsp3) is 0.500. The second-order valence-corrected chi connectivity index (χ2v) is 4.60. The Morgan fingerprint density at radius 2 is 2.22 bits per heavy atom. The molecule has 6 heteroatoms. The molecule has 18 heavy (non-hydrogen) atoms. The zero-order valence-electron chi connectivity index (χ0n) is 10.3. The van der Waals surface area contributed by atoms with E-state index in [1.807, 2.05) is 6.07 Å². The molecule has 0 spiro atoms. The van der Waals surface area contributed by atoms with E-state index < -0.39 is 4.92 Å². The average Bonchev–Trinajstić information content (AvgIpc) is 2.35. The third kappa shape index (κ3) is 4.72. The minimum Gasteiger partial charge on any atom is -0.375 e. The van der Waals surface area contributed by atoms with E-state index in [2.05, 4.69) is 28.2 Å². The highest BCUT2D eigenvalue weighted by Crippen LogP contribution is 2.28. The Hall–Kier alpha value is -0.980. The molecular weight excluding hydrogens is 300 g/mol. The molecule has 1 N–H and O–H groups in total. The molecule has 0 aliphatic rings. The van der Waals surface area contributed by atoms with Gasteiger partial charge in [-0.15, -0.1) is 0 Å². The summed E-state index contributed by atoms with van der Waals surface area (Å²) < 4.78 is 5.96. The van der Waals surface area contributed by atoms with Gasteiger partial charge in [0.2, 0.25) is 0 Å². The van der Waals surface area contributed by atoms with Crippen LogP contribution in [-0.4, -0.2) is 24.6 Å². The summed E-state index contributed by atoms with van der Waals surface area (Å²) in [4.78, 5) is 10.3. The first kappa shape index (κ1) is 15.1. The first-order chi connectivity index (χ1) is 8.66. The molecule has 0 radical (unpaired) electrons. The van der Waals surface area contributed by atoms with Gasteiger partial charge in [0.1, 0.15) is 4.47 Å². The van der Waals surface area contributed by atoms with E-state index in [-0.39, 0.29) is 5.69 Å². The molecule has 0 saturated heterocycles. The van der Waals surface area contributed by atoms with Crippen LogP contribution in [0.5, 0.6) is 0 Å². The number of nitro benzene ring substituents is 1. The molecule has 0 amide bonds. The Bertz CT molecular complexity index is 399. The minimum atomic E-state index is -0.406. The van der Waals surface area contributed by atoms with Crippen LogP contribution in [-0.2, 0) is 11.3 Å². The number of hydrogen-bond donors (Lipinski definition) is 1. The molecule has 100 valence electrons. The maximum atomic E-state index is 10.7. The maximum Gasteiger partial charge on any atom is 0.283 e. The topological polar surface area (TPSA) is 64.4 Å². The number of nitro groups is 1. The van der Waals surface area contributed by atoms with E-state index in [0.717, 1.165) is 25.1 Å². The van der Waals surface area contributed by atoms with Crippen LogP contribution in [0.1, 0.15) is 18.9 Å². The van der Waals surface area contributed by atoms with Crippen molar-refractivity contribution in [3.63, 3.8) is 0 Å². The maximum absolute atomic E-state index is 10.7. The van der Waals surface area contributed by atoms with Crippen molar-refractivity contribution in [3.05, 3.63) is 38.3 Å². The third-order valence-electron chi connectivity index (χ3n) is 2.36. The molecule has 0 aromatic heterocycles. The van der Waals surface area contributed by atoms with Crippen molar-refractivity contribution in [1.82, 2.24) is 5.32 Å². The quantitative estimate of drug-likeness (QED) is 0.455. The van der Waals surface area contributed by atoms with Crippen molar-refractivity contribution < 1.29 is 9.66 Å². The van der Waals surface area contributed by atoms with Gasteiger partial charge in [0, 0.05) is 12.6 Å². The predicted molar refractivity (Wildman–Crippen MR) is 73.6 cm³/mol. The van der Waals surface area contributed by atoms with Gasteiger partial charge in [-0.25, -0.2) is 0 Å². The molecular formula is C12H17BrN2O3. The van der Waals surface area contributed by atoms with Crippen LogP contribution in [0.4, 0.5) is 5.69 Å². The number of nitrogens with zero attached hydrogens (tertiary/aromatic N) is 1. The van der Waals surface area contributed by atoms with Gasteiger partial charge in [-0.1, -0.05) is 19.1 Å². The van der Waals surface area contributed by atoms with Crippen LogP contribution >= 0.6 is 15.9 Å². The van der Waals surface area contributed by atoms with Crippen LogP contribution in [0.25, 0.3) is 0 Å². The van der Waals surface area contributed by atoms with Crippen LogP contribution in [0.15, 0.2) is 22.7 Å². The summed E-state index contributed by atoms with van der Waals surface area (Å²) in [5, 5.41) is 14.0. The Kier molecular flexibility index (Phi) is 6.85. The second-order valence-electron chi connectivity index (χ2n) is 3.81. The van der Waals surface area contributed by atoms with Gasteiger partial charge in [-0.05, 0) is 34.5 Å². The van der Waals surface area contributed by atoms with E-state index in [9.17, 15) is 10.1 Å². The monoisotopic (exact) mass is 316 g/mol. The molecule has 0 heterocycles. The number of ether oxygens (including phenoxy) is 1. The molecule has 0 bridgehead atoms. The molecule has 0 fully saturated rings. The van der Waals surface area contributed by atoms with Crippen molar-refractivity contribution in [2.75, 3.05) is 19.7 Å². The Morgan fingerprint density at radius 3 is 2.89 bits per heavy atom. The molecule has 0 aliphatic heterocycles. The first-order valence-corrected chi connectivity index (χ1v) is 6.66. The highest BCUT2D eigenvalue weighted by Gasteiger charge is 2.14. The molecule has 1 rings (SSSR count). The predicted octanol–water partition coefficient (Wildman–Crippen LogP) is 2.87. The highest BCUT2D eigenvalue weighted by atomic mass is 79.9. The van der Waals surface area contributed by atoms with E-state index in [4.69, 9.17) is 4.74 Å². The van der Waals surface area contributed by atoms with Crippen LogP contribution in [0, 0.1) is 10.1 Å². The normalized spacial score (nSPS) is 10.6. The first-order valence-electron chi connectivity index (χ1n) is 5.87. The fourth-order valence-corrected chi connectivity index (χ4v) is 1.97. The zero-order valence-corrected chi connectivity index (χ0v) is 11.9. The van der Waals surface area contributed by atoms with Crippen molar-refractivity contribution >= 4 is 21.6 Å². The van der Waals surface area contributed by atoms with Gasteiger partial charge in [0.05, 0.1) is 18.1 Å². The average molecular weight is 317 g/mol. The molecule has 5 nitrogen and oxygen atoms in total. The van der Waals surface area contributed by atoms with Crippen molar-refractivity contribution in [2.24, 2.45) is 0 Å². The van der Waals surface area contributed by atoms with E-state index in [0.29, 0.717) is 17.7 Å². The molecule has 0 unspecified atom stereocenters. The summed E-state index contributed by atoms with van der Waals surface area (Å²) in [6.45, 7) is 4.84. The smallest absolute Gasteiger partial charge is 0.283 e. The highest BCUT2D eigenvalue weighted by molar-refractivity contribution is 9.10. The molecule has 0 saturated carbocycles. The lowest BCUT2D eigenvalue weighted by Crippen LogP contribution is -2.20. The largest absolute Gasteiger partial charge is 0.375 e. The van der Waals surface area contributed by atoms with Crippen molar-refractivity contribution in [1.29, 1.82) is 0 Å². The van der Waals surface area contributed by atoms with Crippen LogP contribution in [0.2, 0.25) is 0 Å². The lowest BCUT2D eigenvalue weighted by Gasteiger charge is -2.07. The summed E-state index contributed by atoms with van der Waals surface area (Å²) in [6, 6.07) is 4.95. The van der Waals surface area contributed by atoms with E-state index in [1.54, 1.807) is 6.07 Å². The number of halogens is 1. The van der Waals surface area contributed by atoms with Gasteiger partial charge in [0.15, 0.2) is 0 Å². The number of hydrogen-bond acceptors (Lipinski definition) is 4. The Balaban J connectivity index is 2.43. The van der Waals surface area contributed by atoms with Gasteiger partial charge in [-0.2, -0.15) is 0 Å². The van der Waals surface area contributed by atoms with E-state index in [1.165, 1.54) is 6.07 Å². The lowest BCUT2D eigenvalue weighted by atomic mass is 10.2. The summed E-state index contributed by atoms with van der Waals surface area (Å²) in [5.74, 6) is 0. The zero-order chi connectivity index (χ0) is 13.4. The van der Waals surface area contributed by atoms with E-state index >= 15 is 0 Å². The summed E-state index contributed by atoms with van der Waals surface area (Å²) in [5.41, 5.74) is 0.861. The number of benzene rings is 1. The Labute approximate surface area is 115 Å². The number of rotatable bonds is 8. The second kappa shape index (κ2) is 8.18. The van der Waals surface area contributed by atoms with Crippen molar-refractivity contribution in [3.8, 4) is 0 Å². The number of nitrogens with one attached hydrogen (secondary N) is 1. The third-order valence-corrected chi connectivity index (χ3v) is 3.28. The van der Waals surface area contributed by atoms with Crippen molar-refractivity contribution in [2.45, 2.75) is 20.0 Å². The Morgan fingerprint density at radius 1 is 1.44 bits per heavy atom. The van der Waals surface area contributed by atoms with Crippen LogP contribution < -0.4 is 5.32 Å². The molecule has 1 aromatic rings. The molecule has 0 atom stereocenters. The molecule has 0 aliphatic carbocycles. The van der Waals surface area contributed by atoms with Gasteiger partial charge < -0.3 is 10.1 Å². The molecule has 1 aromatic carbocycles. The van der Waals surface area contributed by atoms with Gasteiger partial charge in [-0.3, -0.25) is 10.1 Å². The van der Waals surface area contributed by atoms with Crippen LogP contribution in [0.3, 0.4) is 0 Å². The summed E-state index contributed by atoms with van der Waals surface area (Å²) in [7, 11) is 0. The van der Waals surface area contributed by atoms with Gasteiger partial charge in [0.25, 0.3) is 5.69 Å². The summed E-state index contributed by atoms with van der Waals surface area (Å²) in [6.07, 6.45) is 1.09. The van der Waals surface area contributed by atoms with Gasteiger partial charge >= 0.3 is 0 Å². The standard InChI is InChI=1S/C12H17BrN2O3/c1-2-6-14-7-8-18-9-10-4-3-5-11(12(10)13)15(16)17/h3-5,14H,2,6-9H2,1H3. The fourth-order valence-electron chi connectivity index (χ4n) is 1.45. The lowest BCUT2D eigenvalue weighted by molar-refractivity contribution is -0.385.